The van der Waals surface area contributed by atoms with Gasteiger partial charge in [0.05, 0.1) is 13.2 Å². The molecule has 2 aromatic rings. The zero-order valence-electron chi connectivity index (χ0n) is 14.2. The Labute approximate surface area is 143 Å². The van der Waals surface area contributed by atoms with E-state index in [2.05, 4.69) is 11.0 Å². The minimum absolute atomic E-state index is 0.636. The van der Waals surface area contributed by atoms with Crippen LogP contribution in [0.3, 0.4) is 0 Å². The quantitative estimate of drug-likeness (QED) is 0.566. The summed E-state index contributed by atoms with van der Waals surface area (Å²) in [5.74, 6) is 0. The first-order chi connectivity index (χ1) is 11.7. The Hall–Kier alpha value is -2.37. The summed E-state index contributed by atoms with van der Waals surface area (Å²) in [6.45, 7) is 2.81. The SMILES string of the molecule is COCCN(CCOC)c1ccc(N)c(-c2ccc(C=O)cc2)c1. The largest absolute Gasteiger partial charge is 0.398 e. The molecule has 0 heterocycles. The van der Waals surface area contributed by atoms with Gasteiger partial charge in [-0.25, -0.2) is 0 Å². The van der Waals surface area contributed by atoms with Gasteiger partial charge in [0.15, 0.2) is 0 Å². The molecule has 0 aromatic heterocycles. The van der Waals surface area contributed by atoms with Gasteiger partial charge in [-0.2, -0.15) is 0 Å². The number of nitrogen functional groups attached to an aromatic ring is 1. The van der Waals surface area contributed by atoms with Crippen LogP contribution >= 0.6 is 0 Å². The summed E-state index contributed by atoms with van der Waals surface area (Å²) in [6, 6.07) is 13.4. The summed E-state index contributed by atoms with van der Waals surface area (Å²) in [6.07, 6.45) is 0.834. The van der Waals surface area contributed by atoms with Crippen LogP contribution in [0.2, 0.25) is 0 Å². The third kappa shape index (κ3) is 4.57. The maximum absolute atomic E-state index is 10.8. The molecule has 5 heteroatoms. The van der Waals surface area contributed by atoms with Crippen molar-refractivity contribution in [3.63, 3.8) is 0 Å². The normalized spacial score (nSPS) is 10.6. The first-order valence-electron chi connectivity index (χ1n) is 7.87. The van der Waals surface area contributed by atoms with E-state index in [1.807, 2.05) is 24.3 Å². The lowest BCUT2D eigenvalue weighted by molar-refractivity contribution is 0.112. The molecule has 0 aliphatic carbocycles. The fourth-order valence-electron chi connectivity index (χ4n) is 2.51. The standard InChI is InChI=1S/C19H24N2O3/c1-23-11-9-21(10-12-24-2)17-7-8-19(20)18(13-17)16-5-3-15(14-22)4-6-16/h3-8,13-14H,9-12,20H2,1-2H3. The van der Waals surface area contributed by atoms with Crippen molar-refractivity contribution in [2.24, 2.45) is 0 Å². The van der Waals surface area contributed by atoms with Crippen LogP contribution < -0.4 is 10.6 Å². The third-order valence-corrected chi connectivity index (χ3v) is 3.89. The van der Waals surface area contributed by atoms with Crippen molar-refractivity contribution in [2.75, 3.05) is 51.2 Å². The van der Waals surface area contributed by atoms with Crippen LogP contribution in [0.15, 0.2) is 42.5 Å². The molecule has 2 aromatic carbocycles. The molecule has 5 nitrogen and oxygen atoms in total. The molecule has 0 bridgehead atoms. The molecule has 0 aliphatic rings. The summed E-state index contributed by atoms with van der Waals surface area (Å²) in [5.41, 5.74) is 10.5. The number of rotatable bonds is 9. The number of nitrogens with two attached hydrogens (primary N) is 1. The van der Waals surface area contributed by atoms with Gasteiger partial charge in [-0.1, -0.05) is 24.3 Å². The lowest BCUT2D eigenvalue weighted by Gasteiger charge is -2.25. The number of benzene rings is 2. The average Bonchev–Trinajstić information content (AvgIpc) is 2.63. The Morgan fingerprint density at radius 1 is 1.00 bits per heavy atom. The molecule has 2 rings (SSSR count). The van der Waals surface area contributed by atoms with Gasteiger partial charge in [0.2, 0.25) is 0 Å². The molecule has 0 aliphatic heterocycles. The highest BCUT2D eigenvalue weighted by Gasteiger charge is 2.10. The molecule has 128 valence electrons. The van der Waals surface area contributed by atoms with Crippen LogP contribution in [0.25, 0.3) is 11.1 Å². The molecule has 0 unspecified atom stereocenters. The predicted molar refractivity (Wildman–Crippen MR) is 97.6 cm³/mol. The van der Waals surface area contributed by atoms with Crippen LogP contribution in [-0.2, 0) is 9.47 Å². The van der Waals surface area contributed by atoms with Gasteiger partial charge >= 0.3 is 0 Å². The number of nitrogens with zero attached hydrogens (tertiary/aromatic N) is 1. The van der Waals surface area contributed by atoms with Gasteiger partial charge < -0.3 is 20.1 Å². The molecule has 24 heavy (non-hydrogen) atoms. The van der Waals surface area contributed by atoms with E-state index < -0.39 is 0 Å². The molecular weight excluding hydrogens is 304 g/mol. The second-order valence-corrected chi connectivity index (χ2v) is 5.48. The zero-order chi connectivity index (χ0) is 17.4. The van der Waals surface area contributed by atoms with Crippen molar-refractivity contribution in [2.45, 2.75) is 0 Å². The molecule has 0 spiro atoms. The van der Waals surface area contributed by atoms with Crippen molar-refractivity contribution < 1.29 is 14.3 Å². The van der Waals surface area contributed by atoms with Crippen molar-refractivity contribution in [1.29, 1.82) is 0 Å². The third-order valence-electron chi connectivity index (χ3n) is 3.89. The van der Waals surface area contributed by atoms with Crippen molar-refractivity contribution in [3.05, 3.63) is 48.0 Å². The van der Waals surface area contributed by atoms with Gasteiger partial charge in [0.1, 0.15) is 6.29 Å². The Bertz CT molecular complexity index is 648. The second kappa shape index (κ2) is 9.05. The van der Waals surface area contributed by atoms with Gasteiger partial charge in [-0.05, 0) is 23.8 Å². The van der Waals surface area contributed by atoms with E-state index >= 15 is 0 Å². The Morgan fingerprint density at radius 2 is 1.62 bits per heavy atom. The summed E-state index contributed by atoms with van der Waals surface area (Å²) < 4.78 is 10.4. The topological polar surface area (TPSA) is 64.8 Å². The lowest BCUT2D eigenvalue weighted by Crippen LogP contribution is -2.30. The van der Waals surface area contributed by atoms with Crippen molar-refractivity contribution in [3.8, 4) is 11.1 Å². The maximum atomic E-state index is 10.8. The summed E-state index contributed by atoms with van der Waals surface area (Å²) >= 11 is 0. The number of hydrogen-bond acceptors (Lipinski definition) is 5. The van der Waals surface area contributed by atoms with Crippen LogP contribution in [0, 0.1) is 0 Å². The second-order valence-electron chi connectivity index (χ2n) is 5.48. The van der Waals surface area contributed by atoms with Gasteiger partial charge in [0.25, 0.3) is 0 Å². The maximum Gasteiger partial charge on any atom is 0.150 e. The molecule has 0 fully saturated rings. The number of hydrogen-bond donors (Lipinski definition) is 1. The monoisotopic (exact) mass is 328 g/mol. The number of carbonyl (C=O) groups excluding carboxylic acids is 1. The smallest absolute Gasteiger partial charge is 0.150 e. The molecular formula is C19H24N2O3. The molecule has 2 N–H and O–H groups in total. The van der Waals surface area contributed by atoms with E-state index in [0.29, 0.717) is 24.5 Å². The van der Waals surface area contributed by atoms with E-state index in [1.165, 1.54) is 0 Å². The van der Waals surface area contributed by atoms with E-state index in [0.717, 1.165) is 36.2 Å². The molecule has 0 radical (unpaired) electrons. The van der Waals surface area contributed by atoms with Crippen molar-refractivity contribution in [1.82, 2.24) is 0 Å². The summed E-state index contributed by atoms with van der Waals surface area (Å²) in [5, 5.41) is 0. The molecule has 0 saturated heterocycles. The van der Waals surface area contributed by atoms with E-state index in [1.54, 1.807) is 26.4 Å². The van der Waals surface area contributed by atoms with Crippen LogP contribution in [0.1, 0.15) is 10.4 Å². The fourth-order valence-corrected chi connectivity index (χ4v) is 2.51. The number of aldehydes is 1. The minimum Gasteiger partial charge on any atom is -0.398 e. The van der Waals surface area contributed by atoms with E-state index in [9.17, 15) is 4.79 Å². The van der Waals surface area contributed by atoms with Crippen LogP contribution in [-0.4, -0.2) is 46.8 Å². The van der Waals surface area contributed by atoms with Gasteiger partial charge in [0, 0.05) is 49.8 Å². The Kier molecular flexibility index (Phi) is 6.78. The summed E-state index contributed by atoms with van der Waals surface area (Å²) in [4.78, 5) is 13.0. The predicted octanol–water partition coefficient (Wildman–Crippen LogP) is 2.85. The Morgan fingerprint density at radius 3 is 2.17 bits per heavy atom. The highest BCUT2D eigenvalue weighted by Crippen LogP contribution is 2.30. The highest BCUT2D eigenvalue weighted by molar-refractivity contribution is 5.82. The lowest BCUT2D eigenvalue weighted by atomic mass is 10.0. The fraction of sp³-hybridized carbons (Fsp3) is 0.316. The number of anilines is 2. The summed E-state index contributed by atoms with van der Waals surface area (Å²) in [7, 11) is 3.38. The molecule has 0 saturated carbocycles. The van der Waals surface area contributed by atoms with Gasteiger partial charge in [-0.3, -0.25) is 4.79 Å². The van der Waals surface area contributed by atoms with E-state index in [-0.39, 0.29) is 0 Å². The first kappa shape index (κ1) is 18.0. The number of methoxy groups -OCH3 is 2. The zero-order valence-corrected chi connectivity index (χ0v) is 14.2. The van der Waals surface area contributed by atoms with Gasteiger partial charge in [-0.15, -0.1) is 0 Å². The number of carbonyl (C=O) groups is 1. The van der Waals surface area contributed by atoms with E-state index in [4.69, 9.17) is 15.2 Å². The highest BCUT2D eigenvalue weighted by atomic mass is 16.5. The van der Waals surface area contributed by atoms with Crippen LogP contribution in [0.5, 0.6) is 0 Å². The Balaban J connectivity index is 2.31. The number of ether oxygens (including phenoxy) is 2. The van der Waals surface area contributed by atoms with Crippen LogP contribution in [0.4, 0.5) is 11.4 Å². The first-order valence-corrected chi connectivity index (χ1v) is 7.87. The minimum atomic E-state index is 0.636. The van der Waals surface area contributed by atoms with Crippen molar-refractivity contribution >= 4 is 17.7 Å². The molecule has 0 amide bonds. The molecule has 0 atom stereocenters. The average molecular weight is 328 g/mol.